The lowest BCUT2D eigenvalue weighted by molar-refractivity contribution is 0.755. The Balaban J connectivity index is 1.77. The molecule has 1 aliphatic rings. The molecule has 0 saturated carbocycles. The summed E-state index contributed by atoms with van der Waals surface area (Å²) in [6.45, 7) is 4.18. The number of nitrogens with one attached hydrogen (secondary N) is 1. The second-order valence-electron chi connectivity index (χ2n) is 6.60. The predicted molar refractivity (Wildman–Crippen MR) is 108 cm³/mol. The molecule has 1 unspecified atom stereocenters. The highest BCUT2D eigenvalue weighted by Gasteiger charge is 2.20. The number of nitrogens with zero attached hydrogens (tertiary/aromatic N) is 2. The van der Waals surface area contributed by atoms with Crippen molar-refractivity contribution in [2.75, 3.05) is 0 Å². The van der Waals surface area contributed by atoms with Crippen LogP contribution in [0.5, 0.6) is 0 Å². The summed E-state index contributed by atoms with van der Waals surface area (Å²) in [7, 11) is 0. The molecule has 1 N–H and O–H groups in total. The van der Waals surface area contributed by atoms with Gasteiger partial charge in [0, 0.05) is 11.1 Å². The highest BCUT2D eigenvalue weighted by molar-refractivity contribution is 6.15. The molecule has 4 rings (SSSR count). The lowest BCUT2D eigenvalue weighted by Crippen LogP contribution is -2.36. The number of amidine groups is 2. The quantitative estimate of drug-likeness (QED) is 0.731. The van der Waals surface area contributed by atoms with Crippen molar-refractivity contribution in [2.45, 2.75) is 20.0 Å². The van der Waals surface area contributed by atoms with Gasteiger partial charge in [0.25, 0.3) is 0 Å². The van der Waals surface area contributed by atoms with Crippen LogP contribution in [-0.2, 0) is 0 Å². The lowest BCUT2D eigenvalue weighted by atomic mass is 10.1. The molecule has 0 aromatic heterocycles. The monoisotopic (exact) mass is 339 g/mol. The summed E-state index contributed by atoms with van der Waals surface area (Å²) < 4.78 is 0. The van der Waals surface area contributed by atoms with Crippen molar-refractivity contribution in [1.82, 2.24) is 5.32 Å². The summed E-state index contributed by atoms with van der Waals surface area (Å²) in [6.07, 6.45) is -0.247. The normalized spacial score (nSPS) is 16.5. The molecule has 0 saturated heterocycles. The zero-order valence-electron chi connectivity index (χ0n) is 15.0. The molecule has 26 heavy (non-hydrogen) atoms. The Morgan fingerprint density at radius 3 is 1.69 bits per heavy atom. The standard InChI is InChI=1S/C23H21N3/c1-16-8-12-19(13-9-16)22-24-21(18-6-4-3-5-7-18)25-23(26-22)20-14-10-17(2)11-15-20/h3-15,22H,1-2H3,(H,24,25,26). The van der Waals surface area contributed by atoms with Crippen LogP contribution in [0.15, 0.2) is 88.8 Å². The van der Waals surface area contributed by atoms with E-state index in [0.717, 1.165) is 28.4 Å². The molecule has 1 aliphatic heterocycles. The Bertz CT molecular complexity index is 953. The molecule has 1 heterocycles. The van der Waals surface area contributed by atoms with Gasteiger partial charge in [-0.3, -0.25) is 0 Å². The summed E-state index contributed by atoms with van der Waals surface area (Å²) >= 11 is 0. The van der Waals surface area contributed by atoms with Gasteiger partial charge in [0.1, 0.15) is 11.7 Å². The molecule has 0 radical (unpaired) electrons. The number of hydrogen-bond acceptors (Lipinski definition) is 3. The molecule has 3 aromatic rings. The Kier molecular flexibility index (Phi) is 4.36. The molecule has 3 aromatic carbocycles. The largest absolute Gasteiger partial charge is 0.324 e. The van der Waals surface area contributed by atoms with Crippen LogP contribution in [0.2, 0.25) is 0 Å². The number of aliphatic imine (C=N–C) groups is 2. The van der Waals surface area contributed by atoms with Crippen molar-refractivity contribution in [3.63, 3.8) is 0 Å². The van der Waals surface area contributed by atoms with Gasteiger partial charge in [0.05, 0.1) is 0 Å². The molecular formula is C23H21N3. The van der Waals surface area contributed by atoms with Crippen LogP contribution in [0.4, 0.5) is 0 Å². The molecule has 0 spiro atoms. The van der Waals surface area contributed by atoms with Gasteiger partial charge in [0.15, 0.2) is 6.17 Å². The number of benzene rings is 3. The Morgan fingerprint density at radius 2 is 1.12 bits per heavy atom. The second-order valence-corrected chi connectivity index (χ2v) is 6.60. The fraction of sp³-hybridized carbons (Fsp3) is 0.130. The van der Waals surface area contributed by atoms with Crippen molar-refractivity contribution in [3.8, 4) is 0 Å². The zero-order chi connectivity index (χ0) is 17.9. The van der Waals surface area contributed by atoms with Gasteiger partial charge in [-0.1, -0.05) is 90.0 Å². The third-order valence-corrected chi connectivity index (χ3v) is 4.49. The smallest absolute Gasteiger partial charge is 0.169 e. The van der Waals surface area contributed by atoms with Gasteiger partial charge in [-0.2, -0.15) is 0 Å². The lowest BCUT2D eigenvalue weighted by Gasteiger charge is -2.22. The summed E-state index contributed by atoms with van der Waals surface area (Å²) in [6, 6.07) is 27.0. The summed E-state index contributed by atoms with van der Waals surface area (Å²) in [4.78, 5) is 9.74. The molecular weight excluding hydrogens is 318 g/mol. The van der Waals surface area contributed by atoms with Crippen molar-refractivity contribution < 1.29 is 0 Å². The first-order valence-electron chi connectivity index (χ1n) is 8.81. The maximum absolute atomic E-state index is 4.88. The number of rotatable bonds is 3. The third-order valence-electron chi connectivity index (χ3n) is 4.49. The average molecular weight is 339 g/mol. The average Bonchev–Trinajstić information content (AvgIpc) is 2.69. The summed E-state index contributed by atoms with van der Waals surface area (Å²) in [5.74, 6) is 1.70. The molecule has 3 nitrogen and oxygen atoms in total. The Labute approximate surface area is 154 Å². The number of aryl methyl sites for hydroxylation is 2. The number of hydrogen-bond donors (Lipinski definition) is 1. The molecule has 1 atom stereocenters. The first-order chi connectivity index (χ1) is 12.7. The van der Waals surface area contributed by atoms with Crippen molar-refractivity contribution in [3.05, 3.63) is 107 Å². The van der Waals surface area contributed by atoms with Crippen LogP contribution in [-0.4, -0.2) is 11.7 Å². The highest BCUT2D eigenvalue weighted by atomic mass is 15.2. The fourth-order valence-electron chi connectivity index (χ4n) is 2.94. The maximum Gasteiger partial charge on any atom is 0.169 e. The van der Waals surface area contributed by atoms with E-state index in [0.29, 0.717) is 0 Å². The minimum absolute atomic E-state index is 0.247. The summed E-state index contributed by atoms with van der Waals surface area (Å²) in [5, 5.41) is 3.42. The Hall–Kier alpha value is -3.20. The van der Waals surface area contributed by atoms with E-state index in [4.69, 9.17) is 9.98 Å². The van der Waals surface area contributed by atoms with Crippen LogP contribution >= 0.6 is 0 Å². The van der Waals surface area contributed by atoms with Crippen LogP contribution in [0.3, 0.4) is 0 Å². The van der Waals surface area contributed by atoms with E-state index in [1.165, 1.54) is 11.1 Å². The SMILES string of the molecule is Cc1ccc(C2=NC(c3ccc(C)cc3)N=C(c3ccccc3)N2)cc1. The molecule has 128 valence electrons. The molecule has 0 fully saturated rings. The van der Waals surface area contributed by atoms with Gasteiger partial charge in [-0.15, -0.1) is 0 Å². The maximum atomic E-state index is 4.88. The minimum Gasteiger partial charge on any atom is -0.324 e. The predicted octanol–water partition coefficient (Wildman–Crippen LogP) is 4.80. The van der Waals surface area contributed by atoms with Gasteiger partial charge < -0.3 is 5.32 Å². The highest BCUT2D eigenvalue weighted by Crippen LogP contribution is 2.24. The molecule has 0 amide bonds. The van der Waals surface area contributed by atoms with Gasteiger partial charge in [-0.25, -0.2) is 9.98 Å². The van der Waals surface area contributed by atoms with E-state index in [9.17, 15) is 0 Å². The van der Waals surface area contributed by atoms with Crippen LogP contribution in [0.25, 0.3) is 0 Å². The van der Waals surface area contributed by atoms with E-state index in [1.807, 2.05) is 18.2 Å². The first kappa shape index (κ1) is 16.3. The van der Waals surface area contributed by atoms with Crippen LogP contribution in [0, 0.1) is 13.8 Å². The van der Waals surface area contributed by atoms with E-state index >= 15 is 0 Å². The first-order valence-corrected chi connectivity index (χ1v) is 8.81. The molecule has 3 heteroatoms. The van der Waals surface area contributed by atoms with Crippen molar-refractivity contribution >= 4 is 11.7 Å². The van der Waals surface area contributed by atoms with Gasteiger partial charge in [0.2, 0.25) is 0 Å². The second kappa shape index (κ2) is 6.96. The summed E-state index contributed by atoms with van der Waals surface area (Å²) in [5.41, 5.74) is 5.69. The van der Waals surface area contributed by atoms with E-state index in [-0.39, 0.29) is 6.17 Å². The van der Waals surface area contributed by atoms with Crippen molar-refractivity contribution in [1.29, 1.82) is 0 Å². The zero-order valence-corrected chi connectivity index (χ0v) is 15.0. The Morgan fingerprint density at radius 1 is 0.615 bits per heavy atom. The van der Waals surface area contributed by atoms with E-state index in [1.54, 1.807) is 0 Å². The third kappa shape index (κ3) is 3.42. The van der Waals surface area contributed by atoms with Gasteiger partial charge >= 0.3 is 0 Å². The topological polar surface area (TPSA) is 36.8 Å². The van der Waals surface area contributed by atoms with Crippen molar-refractivity contribution in [2.24, 2.45) is 9.98 Å². The van der Waals surface area contributed by atoms with Gasteiger partial charge in [-0.05, 0) is 19.4 Å². The van der Waals surface area contributed by atoms with Crippen LogP contribution < -0.4 is 5.32 Å². The minimum atomic E-state index is -0.247. The fourth-order valence-corrected chi connectivity index (χ4v) is 2.94. The molecule has 0 aliphatic carbocycles. The molecule has 0 bridgehead atoms. The van der Waals surface area contributed by atoms with Crippen LogP contribution in [0.1, 0.15) is 34.0 Å². The van der Waals surface area contributed by atoms with E-state index in [2.05, 4.69) is 79.8 Å². The van der Waals surface area contributed by atoms with E-state index < -0.39 is 0 Å².